The maximum Gasteiger partial charge on any atom is 0.322 e. The molecule has 0 amide bonds. The number of nitrogens with one attached hydrogen (secondary N) is 1. The third kappa shape index (κ3) is 3.91. The zero-order valence-corrected chi connectivity index (χ0v) is 9.75. The Hall–Kier alpha value is -1.83. The summed E-state index contributed by atoms with van der Waals surface area (Å²) in [5.41, 5.74) is 5.35. The van der Waals surface area contributed by atoms with Gasteiger partial charge in [0.1, 0.15) is 5.82 Å². The molecule has 1 aromatic rings. The molecule has 0 saturated carbocycles. The van der Waals surface area contributed by atoms with E-state index in [0.29, 0.717) is 0 Å². The van der Waals surface area contributed by atoms with Gasteiger partial charge < -0.3 is 10.5 Å². The summed E-state index contributed by atoms with van der Waals surface area (Å²) >= 11 is 0. The maximum atomic E-state index is 12.7. The molecular formula is C9H11FN2O4S. The van der Waals surface area contributed by atoms with Gasteiger partial charge in [-0.1, -0.05) is 0 Å². The van der Waals surface area contributed by atoms with Crippen LogP contribution in [0.4, 0.5) is 15.8 Å². The summed E-state index contributed by atoms with van der Waals surface area (Å²) in [6.45, 7) is 0. The number of ether oxygens (including phenoxy) is 1. The summed E-state index contributed by atoms with van der Waals surface area (Å²) in [7, 11) is -2.83. The predicted molar refractivity (Wildman–Crippen MR) is 60.2 cm³/mol. The Bertz CT molecular complexity index is 530. The highest BCUT2D eigenvalue weighted by atomic mass is 32.2. The van der Waals surface area contributed by atoms with Crippen LogP contribution in [0, 0.1) is 5.82 Å². The molecule has 0 aromatic heterocycles. The van der Waals surface area contributed by atoms with Crippen molar-refractivity contribution < 1.29 is 22.3 Å². The van der Waals surface area contributed by atoms with Crippen LogP contribution in [0.5, 0.6) is 0 Å². The van der Waals surface area contributed by atoms with Gasteiger partial charge >= 0.3 is 5.97 Å². The first kappa shape index (κ1) is 13.2. The molecule has 0 atom stereocenters. The van der Waals surface area contributed by atoms with Gasteiger partial charge in [0.2, 0.25) is 10.0 Å². The Labute approximate surface area is 97.6 Å². The Morgan fingerprint density at radius 3 is 2.71 bits per heavy atom. The molecule has 0 saturated heterocycles. The average molecular weight is 262 g/mol. The Morgan fingerprint density at radius 2 is 2.18 bits per heavy atom. The molecule has 0 radical (unpaired) electrons. The molecule has 0 bridgehead atoms. The fourth-order valence-electron chi connectivity index (χ4n) is 1.04. The monoisotopic (exact) mass is 262 g/mol. The number of hydrogen-bond acceptors (Lipinski definition) is 5. The van der Waals surface area contributed by atoms with Crippen LogP contribution in [0.2, 0.25) is 0 Å². The standard InChI is InChI=1S/C9H11FN2O4S/c1-16-9(13)5-17(14,15)12-8-3-2-6(10)4-7(8)11/h2-4,12H,5,11H2,1H3. The fourth-order valence-corrected chi connectivity index (χ4v) is 2.07. The molecule has 17 heavy (non-hydrogen) atoms. The second-order valence-corrected chi connectivity index (χ2v) is 4.89. The normalized spacial score (nSPS) is 10.9. The van der Waals surface area contributed by atoms with E-state index in [1.54, 1.807) is 0 Å². The molecule has 6 nitrogen and oxygen atoms in total. The number of methoxy groups -OCH3 is 1. The topological polar surface area (TPSA) is 98.5 Å². The quantitative estimate of drug-likeness (QED) is 0.601. The molecule has 0 aliphatic rings. The van der Waals surface area contributed by atoms with Crippen molar-refractivity contribution in [3.8, 4) is 0 Å². The molecule has 0 spiro atoms. The molecule has 1 aromatic carbocycles. The Morgan fingerprint density at radius 1 is 1.53 bits per heavy atom. The van der Waals surface area contributed by atoms with Crippen molar-refractivity contribution in [2.45, 2.75) is 0 Å². The molecule has 94 valence electrons. The van der Waals surface area contributed by atoms with Crippen molar-refractivity contribution in [1.29, 1.82) is 0 Å². The number of nitrogens with two attached hydrogens (primary N) is 1. The first-order chi connectivity index (χ1) is 7.84. The lowest BCUT2D eigenvalue weighted by atomic mass is 10.3. The van der Waals surface area contributed by atoms with E-state index in [9.17, 15) is 17.6 Å². The van der Waals surface area contributed by atoms with E-state index in [0.717, 1.165) is 19.2 Å². The summed E-state index contributed by atoms with van der Waals surface area (Å²) in [6, 6.07) is 3.18. The summed E-state index contributed by atoms with van der Waals surface area (Å²) in [5, 5.41) is 0. The van der Waals surface area contributed by atoms with Crippen LogP contribution in [0.15, 0.2) is 18.2 Å². The lowest BCUT2D eigenvalue weighted by molar-refractivity contribution is -0.137. The number of rotatable bonds is 4. The van der Waals surface area contributed by atoms with Gasteiger partial charge in [0.25, 0.3) is 0 Å². The predicted octanol–water partition coefficient (Wildman–Crippen LogP) is 0.323. The smallest absolute Gasteiger partial charge is 0.322 e. The summed E-state index contributed by atoms with van der Waals surface area (Å²) in [6.07, 6.45) is 0. The molecule has 0 aliphatic heterocycles. The van der Waals surface area contributed by atoms with Crippen LogP contribution in [0.25, 0.3) is 0 Å². The number of anilines is 2. The second kappa shape index (κ2) is 5.00. The summed E-state index contributed by atoms with van der Waals surface area (Å²) < 4.78 is 41.9. The van der Waals surface area contributed by atoms with E-state index in [1.807, 2.05) is 0 Å². The van der Waals surface area contributed by atoms with E-state index in [2.05, 4.69) is 9.46 Å². The third-order valence-corrected chi connectivity index (χ3v) is 2.96. The van der Waals surface area contributed by atoms with Gasteiger partial charge in [-0.2, -0.15) is 0 Å². The number of esters is 1. The fraction of sp³-hybridized carbons (Fsp3) is 0.222. The SMILES string of the molecule is COC(=O)CS(=O)(=O)Nc1ccc(F)cc1N. The highest BCUT2D eigenvalue weighted by Crippen LogP contribution is 2.20. The Kier molecular flexibility index (Phi) is 3.89. The van der Waals surface area contributed by atoms with Crippen LogP contribution in [-0.4, -0.2) is 27.2 Å². The van der Waals surface area contributed by atoms with Crippen molar-refractivity contribution in [2.24, 2.45) is 0 Å². The van der Waals surface area contributed by atoms with Crippen molar-refractivity contribution in [3.63, 3.8) is 0 Å². The lowest BCUT2D eigenvalue weighted by Crippen LogP contribution is -2.24. The van der Waals surface area contributed by atoms with Crippen LogP contribution >= 0.6 is 0 Å². The zero-order valence-electron chi connectivity index (χ0n) is 8.94. The van der Waals surface area contributed by atoms with Crippen LogP contribution in [0.3, 0.4) is 0 Å². The van der Waals surface area contributed by atoms with E-state index in [4.69, 9.17) is 5.73 Å². The highest BCUT2D eigenvalue weighted by molar-refractivity contribution is 7.93. The van der Waals surface area contributed by atoms with Crippen molar-refractivity contribution in [2.75, 3.05) is 23.3 Å². The van der Waals surface area contributed by atoms with Crippen molar-refractivity contribution in [3.05, 3.63) is 24.0 Å². The zero-order chi connectivity index (χ0) is 13.1. The van der Waals surface area contributed by atoms with Crippen LogP contribution in [-0.2, 0) is 19.6 Å². The molecule has 0 fully saturated rings. The van der Waals surface area contributed by atoms with Gasteiger partial charge in [-0.15, -0.1) is 0 Å². The van der Waals surface area contributed by atoms with Gasteiger partial charge in [-0.3, -0.25) is 9.52 Å². The van der Waals surface area contributed by atoms with Gasteiger partial charge in [-0.25, -0.2) is 12.8 Å². The van der Waals surface area contributed by atoms with Gasteiger partial charge in [0.15, 0.2) is 5.75 Å². The van der Waals surface area contributed by atoms with E-state index >= 15 is 0 Å². The van der Waals surface area contributed by atoms with Crippen molar-refractivity contribution in [1.82, 2.24) is 0 Å². The summed E-state index contributed by atoms with van der Waals surface area (Å²) in [5.74, 6) is -2.32. The number of sulfonamides is 1. The maximum absolute atomic E-state index is 12.7. The largest absolute Gasteiger partial charge is 0.468 e. The second-order valence-electron chi connectivity index (χ2n) is 3.17. The van der Waals surface area contributed by atoms with Crippen LogP contribution < -0.4 is 10.5 Å². The number of benzene rings is 1. The highest BCUT2D eigenvalue weighted by Gasteiger charge is 2.17. The van der Waals surface area contributed by atoms with Crippen molar-refractivity contribution >= 4 is 27.4 Å². The first-order valence-corrected chi connectivity index (χ1v) is 6.11. The molecule has 0 aliphatic carbocycles. The van der Waals surface area contributed by atoms with E-state index in [-0.39, 0.29) is 11.4 Å². The summed E-state index contributed by atoms with van der Waals surface area (Å²) in [4.78, 5) is 10.8. The minimum Gasteiger partial charge on any atom is -0.468 e. The number of carbonyl (C=O) groups is 1. The molecule has 0 unspecified atom stereocenters. The molecule has 1 rings (SSSR count). The molecule has 3 N–H and O–H groups in total. The van der Waals surface area contributed by atoms with Crippen LogP contribution in [0.1, 0.15) is 0 Å². The molecule has 0 heterocycles. The average Bonchev–Trinajstić information content (AvgIpc) is 2.21. The lowest BCUT2D eigenvalue weighted by Gasteiger charge is -2.09. The van der Waals surface area contributed by atoms with Gasteiger partial charge in [0.05, 0.1) is 18.5 Å². The van der Waals surface area contributed by atoms with Gasteiger partial charge in [-0.05, 0) is 18.2 Å². The molecule has 8 heteroatoms. The first-order valence-electron chi connectivity index (χ1n) is 4.46. The number of halogens is 1. The van der Waals surface area contributed by atoms with Gasteiger partial charge in [0, 0.05) is 0 Å². The number of nitrogen functional groups attached to an aromatic ring is 1. The number of hydrogen-bond donors (Lipinski definition) is 2. The van der Waals surface area contributed by atoms with E-state index < -0.39 is 27.6 Å². The minimum atomic E-state index is -3.91. The molecular weight excluding hydrogens is 251 g/mol. The number of carbonyl (C=O) groups excluding carboxylic acids is 1. The van der Waals surface area contributed by atoms with E-state index in [1.165, 1.54) is 6.07 Å². The third-order valence-electron chi connectivity index (χ3n) is 1.81. The Balaban J connectivity index is 2.87. The minimum absolute atomic E-state index is 0.00954.